The predicted octanol–water partition coefficient (Wildman–Crippen LogP) is 9.59. The van der Waals surface area contributed by atoms with Gasteiger partial charge in [0.05, 0.1) is 27.6 Å². The Morgan fingerprint density at radius 2 is 0.956 bits per heavy atom. The van der Waals surface area contributed by atoms with Crippen molar-refractivity contribution < 1.29 is 57.1 Å². The number of ether oxygens (including phenoxy) is 7. The maximum atomic E-state index is 13.3. The third kappa shape index (κ3) is 21.7. The zero-order valence-electron chi connectivity index (χ0n) is 43.1. The van der Waals surface area contributed by atoms with Crippen molar-refractivity contribution in [3.8, 4) is 22.6 Å². The molecule has 376 valence electrons. The molecule has 0 unspecified atom stereocenters. The third-order valence-electron chi connectivity index (χ3n) is 10.7. The molecule has 0 saturated carbocycles. The summed E-state index contributed by atoms with van der Waals surface area (Å²) in [5, 5.41) is 5.75. The fraction of sp³-hybridized carbons (Fsp3) is 0.574. The smallest absolute Gasteiger partial charge is 0.338 e. The molecule has 0 aliphatic carbocycles. The van der Waals surface area contributed by atoms with Crippen LogP contribution < -0.4 is 20.1 Å². The van der Waals surface area contributed by atoms with Crippen LogP contribution in [-0.2, 0) is 49.5 Å². The molecule has 0 aliphatic heterocycles. The Bertz CT molecular complexity index is 2110. The van der Waals surface area contributed by atoms with Crippen LogP contribution in [0.5, 0.6) is 11.5 Å². The zero-order chi connectivity index (χ0) is 51.0. The number of benzene rings is 3. The van der Waals surface area contributed by atoms with E-state index < -0.39 is 39.2 Å². The van der Waals surface area contributed by atoms with Crippen LogP contribution in [0.4, 0.5) is 0 Å². The molecule has 3 aromatic rings. The Morgan fingerprint density at radius 1 is 0.500 bits per heavy atom. The van der Waals surface area contributed by atoms with E-state index in [1.807, 2.05) is 127 Å². The molecular formula is C54H78N2O12. The Labute approximate surface area is 404 Å². The summed E-state index contributed by atoms with van der Waals surface area (Å²) in [6.45, 7) is 27.1. The Hall–Kier alpha value is -5.47. The Kier molecular flexibility index (Phi) is 20.7. The molecule has 0 heterocycles. The van der Waals surface area contributed by atoms with E-state index in [4.69, 9.17) is 33.2 Å². The molecule has 0 aromatic heterocycles. The highest BCUT2D eigenvalue weighted by molar-refractivity contribution is 5.92. The molecule has 0 radical (unpaired) electrons. The van der Waals surface area contributed by atoms with Crippen LogP contribution in [0.2, 0.25) is 0 Å². The maximum Gasteiger partial charge on any atom is 0.338 e. The van der Waals surface area contributed by atoms with Gasteiger partial charge in [-0.05, 0) is 170 Å². The van der Waals surface area contributed by atoms with E-state index in [0.29, 0.717) is 63.3 Å². The summed E-state index contributed by atoms with van der Waals surface area (Å²) in [6.07, 6.45) is 2.02. The number of rotatable bonds is 26. The van der Waals surface area contributed by atoms with Crippen molar-refractivity contribution in [2.45, 2.75) is 152 Å². The van der Waals surface area contributed by atoms with Crippen LogP contribution in [0, 0.1) is 10.8 Å². The number of carbonyl (C=O) groups is 5. The maximum absolute atomic E-state index is 13.3. The lowest BCUT2D eigenvalue weighted by Gasteiger charge is -2.30. The minimum Gasteiger partial charge on any atom is -0.484 e. The summed E-state index contributed by atoms with van der Waals surface area (Å²) in [5.74, 6) is -1.02. The first-order chi connectivity index (χ1) is 31.4. The SMILES string of the molecule is CC(C)(C)OC(=O)C(C)(C)CCOC(C)(C)CCNC(=O)COc1ccc(-c2cc(OCC(=O)NCCC(C)(C)OCCC(C)(C)C(=O)OC(C)(C)C)cc(C(=O)OCc3ccccc3)c2)cc1. The quantitative estimate of drug-likeness (QED) is 0.0577. The predicted molar refractivity (Wildman–Crippen MR) is 262 cm³/mol. The molecule has 3 rings (SSSR count). The van der Waals surface area contributed by atoms with Gasteiger partial charge in [-0.2, -0.15) is 0 Å². The van der Waals surface area contributed by atoms with Gasteiger partial charge < -0.3 is 43.8 Å². The van der Waals surface area contributed by atoms with Crippen molar-refractivity contribution in [2.24, 2.45) is 10.8 Å². The second-order valence-electron chi connectivity index (χ2n) is 21.6. The average Bonchev–Trinajstić information content (AvgIpc) is 3.23. The highest BCUT2D eigenvalue weighted by atomic mass is 16.6. The van der Waals surface area contributed by atoms with E-state index in [2.05, 4.69) is 10.6 Å². The van der Waals surface area contributed by atoms with Gasteiger partial charge in [-0.3, -0.25) is 19.2 Å². The minimum atomic E-state index is -0.716. The van der Waals surface area contributed by atoms with Crippen molar-refractivity contribution in [3.63, 3.8) is 0 Å². The molecule has 2 amide bonds. The van der Waals surface area contributed by atoms with Crippen molar-refractivity contribution in [2.75, 3.05) is 39.5 Å². The second-order valence-corrected chi connectivity index (χ2v) is 21.6. The summed E-state index contributed by atoms with van der Waals surface area (Å²) >= 11 is 0. The fourth-order valence-corrected chi connectivity index (χ4v) is 6.27. The number of nitrogens with one attached hydrogen (secondary N) is 2. The zero-order valence-corrected chi connectivity index (χ0v) is 43.1. The number of hydrogen-bond donors (Lipinski definition) is 2. The van der Waals surface area contributed by atoms with Gasteiger partial charge in [-0.25, -0.2) is 4.79 Å². The summed E-state index contributed by atoms with van der Waals surface area (Å²) in [5.41, 5.74) is -1.25. The first kappa shape index (κ1) is 56.9. The fourth-order valence-electron chi connectivity index (χ4n) is 6.27. The molecule has 3 aromatic carbocycles. The molecule has 0 aliphatic rings. The highest BCUT2D eigenvalue weighted by Gasteiger charge is 2.34. The standard InChI is InChI=1S/C54H78N2O12/c1-49(2,3)67-47(60)51(7,8)26-30-65-53(11,12)24-28-55-44(57)36-62-42-22-20-39(21-23-42)40-32-41(46(59)64-35-38-18-16-15-17-19-38)34-43(33-40)63-37-45(58)56-29-25-54(13,14)66-31-27-52(9,10)48(61)68-50(4,5)6/h15-23,32-34H,24-31,35-37H2,1-14H3,(H,55,57)(H,56,58). The molecule has 0 spiro atoms. The number of esters is 3. The van der Waals surface area contributed by atoms with Gasteiger partial charge in [-0.15, -0.1) is 0 Å². The van der Waals surface area contributed by atoms with E-state index in [-0.39, 0.29) is 54.9 Å². The number of carbonyl (C=O) groups excluding carboxylic acids is 5. The van der Waals surface area contributed by atoms with Gasteiger partial charge in [-0.1, -0.05) is 42.5 Å². The third-order valence-corrected chi connectivity index (χ3v) is 10.7. The van der Waals surface area contributed by atoms with E-state index in [0.717, 1.165) is 11.1 Å². The van der Waals surface area contributed by atoms with Gasteiger partial charge in [0.15, 0.2) is 13.2 Å². The lowest BCUT2D eigenvalue weighted by Crippen LogP contribution is -2.37. The van der Waals surface area contributed by atoms with Crippen LogP contribution in [0.1, 0.15) is 139 Å². The van der Waals surface area contributed by atoms with Crippen LogP contribution >= 0.6 is 0 Å². The van der Waals surface area contributed by atoms with Crippen LogP contribution in [0.25, 0.3) is 11.1 Å². The highest BCUT2D eigenvalue weighted by Crippen LogP contribution is 2.30. The molecule has 2 N–H and O–H groups in total. The topological polar surface area (TPSA) is 174 Å². The van der Waals surface area contributed by atoms with Crippen molar-refractivity contribution in [1.29, 1.82) is 0 Å². The average molecular weight is 947 g/mol. The largest absolute Gasteiger partial charge is 0.484 e. The molecular weight excluding hydrogens is 869 g/mol. The Morgan fingerprint density at radius 3 is 1.41 bits per heavy atom. The van der Waals surface area contributed by atoms with Gasteiger partial charge in [0.1, 0.15) is 29.3 Å². The summed E-state index contributed by atoms with van der Waals surface area (Å²) in [6, 6.07) is 21.3. The molecule has 14 nitrogen and oxygen atoms in total. The van der Waals surface area contributed by atoms with Gasteiger partial charge in [0.25, 0.3) is 11.8 Å². The van der Waals surface area contributed by atoms with Crippen LogP contribution in [0.3, 0.4) is 0 Å². The summed E-state index contributed by atoms with van der Waals surface area (Å²) in [7, 11) is 0. The van der Waals surface area contributed by atoms with E-state index >= 15 is 0 Å². The number of hydrogen-bond acceptors (Lipinski definition) is 12. The van der Waals surface area contributed by atoms with E-state index in [9.17, 15) is 24.0 Å². The monoisotopic (exact) mass is 947 g/mol. The normalized spacial score (nSPS) is 12.4. The Balaban J connectivity index is 1.56. The lowest BCUT2D eigenvalue weighted by atomic mass is 9.89. The van der Waals surface area contributed by atoms with Gasteiger partial charge in [0.2, 0.25) is 0 Å². The molecule has 0 fully saturated rings. The van der Waals surface area contributed by atoms with E-state index in [1.54, 1.807) is 36.4 Å². The molecule has 0 saturated heterocycles. The molecule has 0 bridgehead atoms. The first-order valence-corrected chi connectivity index (χ1v) is 23.4. The lowest BCUT2D eigenvalue weighted by molar-refractivity contribution is -0.168. The van der Waals surface area contributed by atoms with Crippen molar-refractivity contribution in [3.05, 3.63) is 83.9 Å². The van der Waals surface area contributed by atoms with Crippen LogP contribution in [0.15, 0.2) is 72.8 Å². The van der Waals surface area contributed by atoms with Gasteiger partial charge in [0, 0.05) is 26.3 Å². The first-order valence-electron chi connectivity index (χ1n) is 23.4. The van der Waals surface area contributed by atoms with Crippen molar-refractivity contribution >= 4 is 29.7 Å². The summed E-state index contributed by atoms with van der Waals surface area (Å²) in [4.78, 5) is 64.3. The minimum absolute atomic E-state index is 0.0745. The van der Waals surface area contributed by atoms with Crippen molar-refractivity contribution in [1.82, 2.24) is 10.6 Å². The molecule has 68 heavy (non-hydrogen) atoms. The van der Waals surface area contributed by atoms with E-state index in [1.165, 1.54) is 6.07 Å². The number of amides is 2. The summed E-state index contributed by atoms with van der Waals surface area (Å²) < 4.78 is 40.6. The second kappa shape index (κ2) is 24.7. The van der Waals surface area contributed by atoms with Crippen LogP contribution in [-0.4, -0.2) is 91.6 Å². The molecule has 0 atom stereocenters. The molecule has 14 heteroatoms. The van der Waals surface area contributed by atoms with Gasteiger partial charge >= 0.3 is 17.9 Å².